The van der Waals surface area contributed by atoms with Crippen LogP contribution >= 0.6 is 0 Å². The van der Waals surface area contributed by atoms with E-state index in [1.54, 1.807) is 0 Å². The van der Waals surface area contributed by atoms with Crippen molar-refractivity contribution in [2.45, 2.75) is 32.7 Å². The minimum absolute atomic E-state index is 0.249. The summed E-state index contributed by atoms with van der Waals surface area (Å²) in [5.41, 5.74) is 1.94. The third-order valence-electron chi connectivity index (χ3n) is 3.89. The van der Waals surface area contributed by atoms with Crippen molar-refractivity contribution in [2.75, 3.05) is 26.3 Å². The van der Waals surface area contributed by atoms with Gasteiger partial charge in [-0.25, -0.2) is 0 Å². The fourth-order valence-corrected chi connectivity index (χ4v) is 2.63. The SMILES string of the molecule is CCC1COCCN1CCC(=O)c1ccccc1C. The molecule has 2 rings (SSSR count). The number of ketones is 1. The van der Waals surface area contributed by atoms with Gasteiger partial charge >= 0.3 is 0 Å². The maximum absolute atomic E-state index is 12.2. The van der Waals surface area contributed by atoms with Crippen LogP contribution < -0.4 is 0 Å². The van der Waals surface area contributed by atoms with Gasteiger partial charge in [0.2, 0.25) is 0 Å². The van der Waals surface area contributed by atoms with Gasteiger partial charge in [-0.15, -0.1) is 0 Å². The number of aryl methyl sites for hydroxylation is 1. The molecule has 3 heteroatoms. The maximum Gasteiger partial charge on any atom is 0.164 e. The summed E-state index contributed by atoms with van der Waals surface area (Å²) in [5, 5.41) is 0. The zero-order chi connectivity index (χ0) is 13.7. The molecule has 1 atom stereocenters. The number of ether oxygens (including phenoxy) is 1. The summed E-state index contributed by atoms with van der Waals surface area (Å²) in [6.45, 7) is 7.55. The fourth-order valence-electron chi connectivity index (χ4n) is 2.63. The second-order valence-corrected chi connectivity index (χ2v) is 5.16. The van der Waals surface area contributed by atoms with Gasteiger partial charge in [0.25, 0.3) is 0 Å². The quantitative estimate of drug-likeness (QED) is 0.763. The van der Waals surface area contributed by atoms with Crippen molar-refractivity contribution in [2.24, 2.45) is 0 Å². The summed E-state index contributed by atoms with van der Waals surface area (Å²) < 4.78 is 5.49. The van der Waals surface area contributed by atoms with Gasteiger partial charge < -0.3 is 4.74 Å². The molecule has 1 fully saturated rings. The summed E-state index contributed by atoms with van der Waals surface area (Å²) in [6, 6.07) is 8.30. The molecule has 0 radical (unpaired) electrons. The van der Waals surface area contributed by atoms with Crippen LogP contribution in [0.25, 0.3) is 0 Å². The van der Waals surface area contributed by atoms with Crippen LogP contribution in [0.5, 0.6) is 0 Å². The van der Waals surface area contributed by atoms with Crippen molar-refractivity contribution < 1.29 is 9.53 Å². The molecule has 3 nitrogen and oxygen atoms in total. The molecule has 1 aliphatic heterocycles. The molecule has 19 heavy (non-hydrogen) atoms. The zero-order valence-electron chi connectivity index (χ0n) is 11.9. The van der Waals surface area contributed by atoms with Gasteiger partial charge in [0.15, 0.2) is 5.78 Å². The minimum Gasteiger partial charge on any atom is -0.378 e. The van der Waals surface area contributed by atoms with Crippen LogP contribution in [-0.2, 0) is 4.74 Å². The van der Waals surface area contributed by atoms with Gasteiger partial charge in [0.05, 0.1) is 13.2 Å². The summed E-state index contributed by atoms with van der Waals surface area (Å²) in [6.07, 6.45) is 1.68. The first-order chi connectivity index (χ1) is 9.22. The standard InChI is InChI=1S/C16H23NO2/c1-3-14-12-19-11-10-17(14)9-8-16(18)15-7-5-4-6-13(15)2/h4-7,14H,3,8-12H2,1-2H3. The molecule has 1 heterocycles. The molecule has 0 aliphatic carbocycles. The van der Waals surface area contributed by atoms with E-state index in [2.05, 4.69) is 11.8 Å². The normalized spacial score (nSPS) is 20.4. The number of carbonyl (C=O) groups excluding carboxylic acids is 1. The Labute approximate surface area is 115 Å². The topological polar surface area (TPSA) is 29.5 Å². The Hall–Kier alpha value is -1.19. The Morgan fingerprint density at radius 1 is 1.42 bits per heavy atom. The van der Waals surface area contributed by atoms with E-state index in [1.807, 2.05) is 31.2 Å². The monoisotopic (exact) mass is 261 g/mol. The Bertz CT molecular complexity index is 431. The number of nitrogens with zero attached hydrogens (tertiary/aromatic N) is 1. The molecule has 1 saturated heterocycles. The van der Waals surface area contributed by atoms with E-state index in [1.165, 1.54) is 0 Å². The average Bonchev–Trinajstić information content (AvgIpc) is 2.45. The van der Waals surface area contributed by atoms with Gasteiger partial charge in [0, 0.05) is 31.1 Å². The predicted octanol–water partition coefficient (Wildman–Crippen LogP) is 2.68. The number of rotatable bonds is 5. The Kier molecular flexibility index (Phi) is 5.11. The molecule has 104 valence electrons. The second-order valence-electron chi connectivity index (χ2n) is 5.16. The van der Waals surface area contributed by atoms with Gasteiger partial charge in [-0.1, -0.05) is 31.2 Å². The number of hydrogen-bond acceptors (Lipinski definition) is 3. The molecule has 0 spiro atoms. The molecule has 0 bridgehead atoms. The Morgan fingerprint density at radius 2 is 2.21 bits per heavy atom. The van der Waals surface area contributed by atoms with Crippen LogP contribution in [0.4, 0.5) is 0 Å². The van der Waals surface area contributed by atoms with E-state index in [-0.39, 0.29) is 5.78 Å². The van der Waals surface area contributed by atoms with E-state index >= 15 is 0 Å². The Morgan fingerprint density at radius 3 is 2.95 bits per heavy atom. The molecule has 1 unspecified atom stereocenters. The van der Waals surface area contributed by atoms with Crippen LogP contribution in [0.3, 0.4) is 0 Å². The lowest BCUT2D eigenvalue weighted by Gasteiger charge is -2.34. The van der Waals surface area contributed by atoms with Crippen molar-refractivity contribution >= 4 is 5.78 Å². The second kappa shape index (κ2) is 6.83. The van der Waals surface area contributed by atoms with Crippen LogP contribution in [0.2, 0.25) is 0 Å². The average molecular weight is 261 g/mol. The maximum atomic E-state index is 12.2. The van der Waals surface area contributed by atoms with E-state index < -0.39 is 0 Å². The van der Waals surface area contributed by atoms with Crippen molar-refractivity contribution in [3.63, 3.8) is 0 Å². The number of hydrogen-bond donors (Lipinski definition) is 0. The van der Waals surface area contributed by atoms with E-state index in [9.17, 15) is 4.79 Å². The third kappa shape index (κ3) is 3.64. The lowest BCUT2D eigenvalue weighted by atomic mass is 10.0. The molecular weight excluding hydrogens is 238 g/mol. The van der Waals surface area contributed by atoms with Crippen LogP contribution in [0, 0.1) is 6.92 Å². The smallest absolute Gasteiger partial charge is 0.164 e. The molecular formula is C16H23NO2. The van der Waals surface area contributed by atoms with Crippen molar-refractivity contribution in [1.82, 2.24) is 4.90 Å². The van der Waals surface area contributed by atoms with Crippen molar-refractivity contribution in [1.29, 1.82) is 0 Å². The molecule has 1 aromatic carbocycles. The van der Waals surface area contributed by atoms with Crippen LogP contribution in [-0.4, -0.2) is 43.0 Å². The van der Waals surface area contributed by atoms with E-state index in [0.29, 0.717) is 12.5 Å². The summed E-state index contributed by atoms with van der Waals surface area (Å²) in [7, 11) is 0. The zero-order valence-corrected chi connectivity index (χ0v) is 11.9. The highest BCUT2D eigenvalue weighted by Crippen LogP contribution is 2.14. The van der Waals surface area contributed by atoms with Gasteiger partial charge in [-0.3, -0.25) is 9.69 Å². The summed E-state index contributed by atoms with van der Waals surface area (Å²) in [5.74, 6) is 0.249. The number of benzene rings is 1. The lowest BCUT2D eigenvalue weighted by molar-refractivity contribution is -0.00839. The van der Waals surface area contributed by atoms with Gasteiger partial charge in [0.1, 0.15) is 0 Å². The van der Waals surface area contributed by atoms with E-state index in [0.717, 1.165) is 43.9 Å². The molecule has 1 aliphatic rings. The van der Waals surface area contributed by atoms with Gasteiger partial charge in [-0.2, -0.15) is 0 Å². The number of carbonyl (C=O) groups is 1. The molecule has 0 saturated carbocycles. The van der Waals surface area contributed by atoms with Crippen molar-refractivity contribution in [3.8, 4) is 0 Å². The Balaban J connectivity index is 1.91. The van der Waals surface area contributed by atoms with E-state index in [4.69, 9.17) is 4.74 Å². The third-order valence-corrected chi connectivity index (χ3v) is 3.89. The first-order valence-electron chi connectivity index (χ1n) is 7.13. The molecule has 1 aromatic rings. The highest BCUT2D eigenvalue weighted by Gasteiger charge is 2.22. The first-order valence-corrected chi connectivity index (χ1v) is 7.13. The molecule has 0 amide bonds. The lowest BCUT2D eigenvalue weighted by Crippen LogP contribution is -2.45. The molecule has 0 N–H and O–H groups in total. The summed E-state index contributed by atoms with van der Waals surface area (Å²) in [4.78, 5) is 14.6. The predicted molar refractivity (Wildman–Crippen MR) is 76.6 cm³/mol. The fraction of sp³-hybridized carbons (Fsp3) is 0.562. The first kappa shape index (κ1) is 14.2. The molecule has 0 aromatic heterocycles. The highest BCUT2D eigenvalue weighted by atomic mass is 16.5. The van der Waals surface area contributed by atoms with Gasteiger partial charge in [-0.05, 0) is 18.9 Å². The van der Waals surface area contributed by atoms with Crippen LogP contribution in [0.1, 0.15) is 35.7 Å². The summed E-state index contributed by atoms with van der Waals surface area (Å²) >= 11 is 0. The minimum atomic E-state index is 0.249. The number of morpholine rings is 1. The highest BCUT2D eigenvalue weighted by molar-refractivity contribution is 5.97. The number of Topliss-reactive ketones (excluding diaryl/α,β-unsaturated/α-hetero) is 1. The van der Waals surface area contributed by atoms with Crippen molar-refractivity contribution in [3.05, 3.63) is 35.4 Å². The van der Waals surface area contributed by atoms with Crippen LogP contribution in [0.15, 0.2) is 24.3 Å². The largest absolute Gasteiger partial charge is 0.378 e.